The SMILES string of the molecule is c1ccc(-c2nc(-c3c(-c4cccc5oc6ccccc6c45)ccc4ccccc34)nc(-c3cc4ccc5ccccc5c4c4ccccc34)n2)cc1. The molecule has 0 amide bonds. The van der Waals surface area contributed by atoms with E-state index >= 15 is 0 Å². The second-order valence-corrected chi connectivity index (χ2v) is 13.5. The smallest absolute Gasteiger partial charge is 0.165 e. The summed E-state index contributed by atoms with van der Waals surface area (Å²) >= 11 is 0. The van der Waals surface area contributed by atoms with Crippen LogP contribution in [0.5, 0.6) is 0 Å². The number of fused-ring (bicyclic) bond motifs is 9. The molecule has 0 unspecified atom stereocenters. The summed E-state index contributed by atoms with van der Waals surface area (Å²) < 4.78 is 6.36. The van der Waals surface area contributed by atoms with Gasteiger partial charge >= 0.3 is 0 Å². The van der Waals surface area contributed by atoms with E-state index in [1.54, 1.807) is 0 Å². The Balaban J connectivity index is 1.25. The fourth-order valence-corrected chi connectivity index (χ4v) is 8.12. The molecule has 2 heterocycles. The number of benzene rings is 9. The Morgan fingerprint density at radius 2 is 0.925 bits per heavy atom. The Kier molecular flexibility index (Phi) is 6.52. The van der Waals surface area contributed by atoms with Gasteiger partial charge in [-0.15, -0.1) is 0 Å². The highest BCUT2D eigenvalue weighted by Gasteiger charge is 2.22. The van der Waals surface area contributed by atoms with Crippen LogP contribution in [-0.4, -0.2) is 15.0 Å². The van der Waals surface area contributed by atoms with Crippen molar-refractivity contribution in [1.82, 2.24) is 15.0 Å². The molecule has 9 aromatic carbocycles. The molecule has 0 aliphatic carbocycles. The molecular formula is C49H29N3O. The average Bonchev–Trinajstić information content (AvgIpc) is 3.62. The van der Waals surface area contributed by atoms with E-state index in [4.69, 9.17) is 19.4 Å². The Morgan fingerprint density at radius 1 is 0.321 bits per heavy atom. The highest BCUT2D eigenvalue weighted by molar-refractivity contribution is 6.23. The van der Waals surface area contributed by atoms with Gasteiger partial charge in [0.15, 0.2) is 17.5 Å². The molecule has 0 fully saturated rings. The van der Waals surface area contributed by atoms with E-state index < -0.39 is 0 Å². The number of hydrogen-bond donors (Lipinski definition) is 0. The van der Waals surface area contributed by atoms with Crippen molar-refractivity contribution in [2.45, 2.75) is 0 Å². The molecule has 2 aromatic heterocycles. The van der Waals surface area contributed by atoms with E-state index in [1.165, 1.54) is 21.5 Å². The number of hydrogen-bond acceptors (Lipinski definition) is 4. The minimum atomic E-state index is 0.619. The van der Waals surface area contributed by atoms with Crippen molar-refractivity contribution >= 4 is 65.0 Å². The zero-order valence-electron chi connectivity index (χ0n) is 28.5. The zero-order valence-corrected chi connectivity index (χ0v) is 28.5. The van der Waals surface area contributed by atoms with Gasteiger partial charge in [-0.3, -0.25) is 0 Å². The van der Waals surface area contributed by atoms with Crippen molar-refractivity contribution in [3.63, 3.8) is 0 Å². The van der Waals surface area contributed by atoms with E-state index in [-0.39, 0.29) is 0 Å². The van der Waals surface area contributed by atoms with Crippen LogP contribution < -0.4 is 0 Å². The highest BCUT2D eigenvalue weighted by Crippen LogP contribution is 2.44. The third-order valence-corrected chi connectivity index (χ3v) is 10.5. The van der Waals surface area contributed by atoms with Gasteiger partial charge in [0.1, 0.15) is 11.2 Å². The standard InChI is InChI=1S/C49H29N3O/c1-2-15-32(16-3-1)47-50-48(41-29-33-26-25-30-13-4-6-17-34(30)44(33)37-20-9-8-19-36(37)41)52-49(51-47)46-35-18-7-5-14-31(35)27-28-39(46)38-22-12-24-43-45(38)40-21-10-11-23-42(40)53-43/h1-29H. The second kappa shape index (κ2) is 11.7. The van der Waals surface area contributed by atoms with Gasteiger partial charge in [0.2, 0.25) is 0 Å². The molecule has 246 valence electrons. The van der Waals surface area contributed by atoms with E-state index in [2.05, 4.69) is 140 Å². The molecule has 0 spiro atoms. The van der Waals surface area contributed by atoms with Gasteiger partial charge in [0, 0.05) is 27.5 Å². The number of nitrogens with zero attached hydrogens (tertiary/aromatic N) is 3. The van der Waals surface area contributed by atoms with Crippen molar-refractivity contribution < 1.29 is 4.42 Å². The molecule has 4 heteroatoms. The number of rotatable bonds is 4. The van der Waals surface area contributed by atoms with Gasteiger partial charge in [-0.1, -0.05) is 158 Å². The first-order valence-corrected chi connectivity index (χ1v) is 17.9. The maximum absolute atomic E-state index is 6.36. The van der Waals surface area contributed by atoms with Crippen molar-refractivity contribution in [1.29, 1.82) is 0 Å². The van der Waals surface area contributed by atoms with Crippen molar-refractivity contribution in [3.05, 3.63) is 176 Å². The maximum Gasteiger partial charge on any atom is 0.165 e. The first-order valence-electron chi connectivity index (χ1n) is 17.9. The van der Waals surface area contributed by atoms with E-state index in [0.717, 1.165) is 71.3 Å². The quantitative estimate of drug-likeness (QED) is 0.174. The van der Waals surface area contributed by atoms with Gasteiger partial charge in [0.05, 0.1) is 0 Å². The summed E-state index contributed by atoms with van der Waals surface area (Å²) in [6.07, 6.45) is 0. The van der Waals surface area contributed by atoms with Gasteiger partial charge < -0.3 is 4.42 Å². The van der Waals surface area contributed by atoms with Crippen LogP contribution in [0.2, 0.25) is 0 Å². The van der Waals surface area contributed by atoms with Crippen LogP contribution >= 0.6 is 0 Å². The van der Waals surface area contributed by atoms with Gasteiger partial charge in [0.25, 0.3) is 0 Å². The predicted octanol–water partition coefficient (Wildman–Crippen LogP) is 13.1. The molecule has 0 radical (unpaired) electrons. The molecule has 11 rings (SSSR count). The molecule has 0 saturated heterocycles. The molecule has 0 N–H and O–H groups in total. The lowest BCUT2D eigenvalue weighted by Crippen LogP contribution is -2.02. The third kappa shape index (κ3) is 4.66. The van der Waals surface area contributed by atoms with Crippen LogP contribution in [0.4, 0.5) is 0 Å². The monoisotopic (exact) mass is 675 g/mol. The Morgan fingerprint density at radius 3 is 1.77 bits per heavy atom. The molecule has 0 bridgehead atoms. The Labute approximate surface area is 304 Å². The lowest BCUT2D eigenvalue weighted by Gasteiger charge is -2.16. The van der Waals surface area contributed by atoms with Crippen LogP contribution in [0.3, 0.4) is 0 Å². The summed E-state index contributed by atoms with van der Waals surface area (Å²) in [6.45, 7) is 0. The van der Waals surface area contributed by atoms with E-state index in [1.807, 2.05) is 36.4 Å². The summed E-state index contributed by atoms with van der Waals surface area (Å²) in [5.41, 5.74) is 6.66. The fraction of sp³-hybridized carbons (Fsp3) is 0. The number of aromatic nitrogens is 3. The average molecular weight is 676 g/mol. The van der Waals surface area contributed by atoms with Crippen LogP contribution in [0, 0.1) is 0 Å². The highest BCUT2D eigenvalue weighted by atomic mass is 16.3. The van der Waals surface area contributed by atoms with Crippen molar-refractivity contribution in [2.75, 3.05) is 0 Å². The van der Waals surface area contributed by atoms with Crippen LogP contribution in [0.25, 0.3) is 110 Å². The Bertz CT molecular complexity index is 3240. The molecule has 11 aromatic rings. The minimum Gasteiger partial charge on any atom is -0.456 e. The summed E-state index contributed by atoms with van der Waals surface area (Å²) in [5.74, 6) is 1.87. The summed E-state index contributed by atoms with van der Waals surface area (Å²) in [6, 6.07) is 61.5. The molecule has 4 nitrogen and oxygen atoms in total. The van der Waals surface area contributed by atoms with Crippen molar-refractivity contribution in [2.24, 2.45) is 0 Å². The molecular weight excluding hydrogens is 647 g/mol. The normalized spacial score (nSPS) is 11.8. The summed E-state index contributed by atoms with van der Waals surface area (Å²) in [5, 5.41) is 11.4. The minimum absolute atomic E-state index is 0.619. The van der Waals surface area contributed by atoms with Gasteiger partial charge in [-0.05, 0) is 72.4 Å². The molecule has 0 aliphatic rings. The van der Waals surface area contributed by atoms with Crippen LogP contribution in [0.15, 0.2) is 180 Å². The lowest BCUT2D eigenvalue weighted by molar-refractivity contribution is 0.669. The summed E-state index contributed by atoms with van der Waals surface area (Å²) in [7, 11) is 0. The second-order valence-electron chi connectivity index (χ2n) is 13.5. The predicted molar refractivity (Wildman–Crippen MR) is 219 cm³/mol. The largest absolute Gasteiger partial charge is 0.456 e. The number of furan rings is 1. The topological polar surface area (TPSA) is 51.8 Å². The molecule has 0 atom stereocenters. The third-order valence-electron chi connectivity index (χ3n) is 10.5. The van der Waals surface area contributed by atoms with Crippen LogP contribution in [0.1, 0.15) is 0 Å². The maximum atomic E-state index is 6.36. The lowest BCUT2D eigenvalue weighted by atomic mass is 9.91. The summed E-state index contributed by atoms with van der Waals surface area (Å²) in [4.78, 5) is 16.0. The van der Waals surface area contributed by atoms with E-state index in [9.17, 15) is 0 Å². The zero-order chi connectivity index (χ0) is 34.9. The molecule has 53 heavy (non-hydrogen) atoms. The van der Waals surface area contributed by atoms with Crippen molar-refractivity contribution in [3.8, 4) is 45.3 Å². The first-order chi connectivity index (χ1) is 26.3. The van der Waals surface area contributed by atoms with Crippen LogP contribution in [-0.2, 0) is 0 Å². The number of para-hydroxylation sites is 1. The Hall–Kier alpha value is -7.17. The fourth-order valence-electron chi connectivity index (χ4n) is 8.12. The van der Waals surface area contributed by atoms with E-state index in [0.29, 0.717) is 17.5 Å². The molecule has 0 aliphatic heterocycles. The van der Waals surface area contributed by atoms with Gasteiger partial charge in [-0.25, -0.2) is 15.0 Å². The van der Waals surface area contributed by atoms with Gasteiger partial charge in [-0.2, -0.15) is 0 Å². The first kappa shape index (κ1) is 29.5. The molecule has 0 saturated carbocycles.